The number of carbonyl (C=O) groups is 2. The van der Waals surface area contributed by atoms with Crippen LogP contribution in [0.15, 0.2) is 36.4 Å². The van der Waals surface area contributed by atoms with Crippen LogP contribution in [0.3, 0.4) is 0 Å². The number of benzene rings is 2. The van der Waals surface area contributed by atoms with Gasteiger partial charge in [0.05, 0.1) is 18.1 Å². The third-order valence-electron chi connectivity index (χ3n) is 4.64. The van der Waals surface area contributed by atoms with Crippen LogP contribution in [0, 0.1) is 11.6 Å². The molecule has 148 valence electrons. The van der Waals surface area contributed by atoms with Gasteiger partial charge >= 0.3 is 6.03 Å². The lowest BCUT2D eigenvalue weighted by Crippen LogP contribution is -2.42. The van der Waals surface area contributed by atoms with Crippen LogP contribution in [0.1, 0.15) is 29.3 Å². The highest BCUT2D eigenvalue weighted by molar-refractivity contribution is 6.31. The van der Waals surface area contributed by atoms with E-state index in [4.69, 9.17) is 11.6 Å². The molecule has 3 rings (SSSR count). The van der Waals surface area contributed by atoms with Crippen molar-refractivity contribution in [3.05, 3.63) is 64.2 Å². The molecule has 0 aromatic heterocycles. The molecule has 1 aliphatic heterocycles. The van der Waals surface area contributed by atoms with E-state index in [1.807, 2.05) is 0 Å². The predicted molar refractivity (Wildman–Crippen MR) is 100 cm³/mol. The number of Topliss-reactive ketones (excluding diaryl/α,β-unsaturated/α-hetero) is 1. The lowest BCUT2D eigenvalue weighted by molar-refractivity contribution is 0.101. The number of alkyl halides is 1. The third kappa shape index (κ3) is 4.30. The molecule has 0 N–H and O–H groups in total. The minimum absolute atomic E-state index is 0.0595. The summed E-state index contributed by atoms with van der Waals surface area (Å²) < 4.78 is 41.6. The number of hydrogen-bond donors (Lipinski definition) is 0. The first kappa shape index (κ1) is 20.2. The smallest absolute Gasteiger partial charge is 0.321 e. The van der Waals surface area contributed by atoms with E-state index in [0.717, 1.165) is 12.1 Å². The van der Waals surface area contributed by atoms with Crippen molar-refractivity contribution in [2.24, 2.45) is 0 Å². The molecule has 8 heteroatoms. The highest BCUT2D eigenvalue weighted by Crippen LogP contribution is 2.27. The molecule has 0 saturated carbocycles. The fraction of sp³-hybridized carbons (Fsp3) is 0.300. The van der Waals surface area contributed by atoms with Crippen LogP contribution < -0.4 is 4.90 Å². The number of halogens is 4. The second-order valence-corrected chi connectivity index (χ2v) is 7.07. The number of likely N-dealkylation sites (tertiary alicyclic amines) is 1. The van der Waals surface area contributed by atoms with E-state index in [1.165, 1.54) is 41.0 Å². The molecule has 0 radical (unpaired) electrons. The number of anilines is 1. The quantitative estimate of drug-likeness (QED) is 0.666. The second kappa shape index (κ2) is 8.22. The topological polar surface area (TPSA) is 40.6 Å². The van der Waals surface area contributed by atoms with Gasteiger partial charge in [-0.2, -0.15) is 0 Å². The van der Waals surface area contributed by atoms with E-state index in [9.17, 15) is 22.8 Å². The maximum atomic E-state index is 14.5. The van der Waals surface area contributed by atoms with Gasteiger partial charge in [-0.3, -0.25) is 9.69 Å². The Morgan fingerprint density at radius 2 is 1.93 bits per heavy atom. The Morgan fingerprint density at radius 1 is 1.18 bits per heavy atom. The Balaban J connectivity index is 1.95. The molecule has 0 unspecified atom stereocenters. The summed E-state index contributed by atoms with van der Waals surface area (Å²) in [5.74, 6) is -1.59. The van der Waals surface area contributed by atoms with Gasteiger partial charge in [-0.25, -0.2) is 18.0 Å². The van der Waals surface area contributed by atoms with Gasteiger partial charge in [0, 0.05) is 23.4 Å². The van der Waals surface area contributed by atoms with Gasteiger partial charge in [-0.15, -0.1) is 0 Å². The van der Waals surface area contributed by atoms with Crippen molar-refractivity contribution >= 4 is 29.1 Å². The molecule has 0 aliphatic carbocycles. The van der Waals surface area contributed by atoms with Crippen LogP contribution in [0.2, 0.25) is 5.02 Å². The number of urea groups is 1. The lowest BCUT2D eigenvalue weighted by atomic mass is 10.1. The van der Waals surface area contributed by atoms with Crippen LogP contribution in [0.4, 0.5) is 23.7 Å². The van der Waals surface area contributed by atoms with Crippen molar-refractivity contribution in [1.29, 1.82) is 0 Å². The average molecular weight is 411 g/mol. The molecule has 2 aromatic rings. The van der Waals surface area contributed by atoms with Crippen LogP contribution in [-0.2, 0) is 6.54 Å². The van der Waals surface area contributed by atoms with E-state index >= 15 is 0 Å². The molecule has 1 heterocycles. The fourth-order valence-electron chi connectivity index (χ4n) is 3.05. The maximum absolute atomic E-state index is 14.5. The zero-order valence-corrected chi connectivity index (χ0v) is 15.8. The van der Waals surface area contributed by atoms with E-state index in [0.29, 0.717) is 0 Å². The van der Waals surface area contributed by atoms with Crippen molar-refractivity contribution in [3.8, 4) is 0 Å². The molecule has 0 bridgehead atoms. The Hall–Kier alpha value is -2.54. The largest absolute Gasteiger partial charge is 0.324 e. The summed E-state index contributed by atoms with van der Waals surface area (Å²) >= 11 is 5.84. The molecule has 2 aromatic carbocycles. The minimum Gasteiger partial charge on any atom is -0.321 e. The molecular weight excluding hydrogens is 393 g/mol. The number of carbonyl (C=O) groups excluding carboxylic acids is 2. The molecule has 28 heavy (non-hydrogen) atoms. The average Bonchev–Trinajstić information content (AvgIpc) is 3.09. The van der Waals surface area contributed by atoms with Gasteiger partial charge in [-0.05, 0) is 37.6 Å². The van der Waals surface area contributed by atoms with E-state index in [2.05, 4.69) is 0 Å². The van der Waals surface area contributed by atoms with Crippen molar-refractivity contribution in [2.45, 2.75) is 26.1 Å². The highest BCUT2D eigenvalue weighted by atomic mass is 35.5. The van der Waals surface area contributed by atoms with Crippen molar-refractivity contribution < 1.29 is 22.8 Å². The zero-order valence-electron chi connectivity index (χ0n) is 15.1. The summed E-state index contributed by atoms with van der Waals surface area (Å²) in [6, 6.07) is 7.18. The van der Waals surface area contributed by atoms with Gasteiger partial charge in [0.2, 0.25) is 0 Å². The summed E-state index contributed by atoms with van der Waals surface area (Å²) in [7, 11) is 0. The molecule has 1 saturated heterocycles. The Morgan fingerprint density at radius 3 is 2.50 bits per heavy atom. The zero-order chi connectivity index (χ0) is 20.4. The standard InChI is InChI=1S/C20H18ClF3N2O2/c1-12(27)13-2-3-14(19(24)8-13)10-26(16-4-5-18(23)17(21)9-16)20(28)25-7-6-15(22)11-25/h2-5,8-9,15H,6-7,10-11H2,1H3/t15-/m0/s1. The molecule has 4 nitrogen and oxygen atoms in total. The van der Waals surface area contributed by atoms with Crippen molar-refractivity contribution in [1.82, 2.24) is 4.90 Å². The van der Waals surface area contributed by atoms with Gasteiger partial charge in [-0.1, -0.05) is 23.7 Å². The second-order valence-electron chi connectivity index (χ2n) is 6.66. The number of hydrogen-bond acceptors (Lipinski definition) is 2. The summed E-state index contributed by atoms with van der Waals surface area (Å²) in [4.78, 5) is 26.9. The van der Waals surface area contributed by atoms with Crippen LogP contribution in [-0.4, -0.2) is 36.0 Å². The monoisotopic (exact) mass is 410 g/mol. The van der Waals surface area contributed by atoms with Crippen molar-refractivity contribution in [2.75, 3.05) is 18.0 Å². The SMILES string of the molecule is CC(=O)c1ccc(CN(C(=O)N2CC[C@H](F)C2)c2ccc(F)c(Cl)c2)c(F)c1. The molecule has 1 atom stereocenters. The van der Waals surface area contributed by atoms with E-state index in [-0.39, 0.29) is 53.7 Å². The minimum atomic E-state index is -1.12. The van der Waals surface area contributed by atoms with Gasteiger partial charge < -0.3 is 4.90 Å². The van der Waals surface area contributed by atoms with Gasteiger partial charge in [0.25, 0.3) is 0 Å². The van der Waals surface area contributed by atoms with Crippen LogP contribution >= 0.6 is 11.6 Å². The third-order valence-corrected chi connectivity index (χ3v) is 4.92. The highest BCUT2D eigenvalue weighted by Gasteiger charge is 2.30. The Labute approximate surface area is 165 Å². The fourth-order valence-corrected chi connectivity index (χ4v) is 3.22. The van der Waals surface area contributed by atoms with E-state index in [1.54, 1.807) is 0 Å². The number of amides is 2. The lowest BCUT2D eigenvalue weighted by Gasteiger charge is -2.28. The summed E-state index contributed by atoms with van der Waals surface area (Å²) in [6.07, 6.45) is -0.889. The first-order chi connectivity index (χ1) is 13.3. The summed E-state index contributed by atoms with van der Waals surface area (Å²) in [6.45, 7) is 1.32. The maximum Gasteiger partial charge on any atom is 0.324 e. The van der Waals surface area contributed by atoms with Crippen molar-refractivity contribution in [3.63, 3.8) is 0 Å². The first-order valence-electron chi connectivity index (χ1n) is 8.71. The summed E-state index contributed by atoms with van der Waals surface area (Å²) in [5.41, 5.74) is 0.632. The Kier molecular flexibility index (Phi) is 5.93. The molecule has 0 spiro atoms. The molecule has 2 amide bonds. The molecule has 1 fully saturated rings. The number of rotatable bonds is 4. The van der Waals surface area contributed by atoms with Crippen LogP contribution in [0.5, 0.6) is 0 Å². The number of ketones is 1. The molecular formula is C20H18ClF3N2O2. The van der Waals surface area contributed by atoms with E-state index < -0.39 is 23.8 Å². The van der Waals surface area contributed by atoms with Crippen LogP contribution in [0.25, 0.3) is 0 Å². The number of nitrogens with zero attached hydrogens (tertiary/aromatic N) is 2. The predicted octanol–water partition coefficient (Wildman–Crippen LogP) is 4.99. The first-order valence-corrected chi connectivity index (χ1v) is 9.09. The van der Waals surface area contributed by atoms with Gasteiger partial charge in [0.1, 0.15) is 17.8 Å². The normalized spacial score (nSPS) is 16.3. The summed E-state index contributed by atoms with van der Waals surface area (Å²) in [5, 5.41) is -0.188. The molecule has 1 aliphatic rings. The van der Waals surface area contributed by atoms with Gasteiger partial charge in [0.15, 0.2) is 5.78 Å². The Bertz CT molecular complexity index is 922.